The first kappa shape index (κ1) is 14.5. The van der Waals surface area contributed by atoms with E-state index in [1.807, 2.05) is 36.7 Å². The zero-order valence-electron chi connectivity index (χ0n) is 11.9. The van der Waals surface area contributed by atoms with Gasteiger partial charge in [-0.05, 0) is 23.6 Å². The van der Waals surface area contributed by atoms with E-state index in [9.17, 15) is 4.79 Å². The second kappa shape index (κ2) is 6.52. The molecule has 0 bridgehead atoms. The highest BCUT2D eigenvalue weighted by Gasteiger charge is 2.08. The van der Waals surface area contributed by atoms with Gasteiger partial charge in [-0.2, -0.15) is 0 Å². The van der Waals surface area contributed by atoms with E-state index in [0.29, 0.717) is 12.3 Å². The zero-order chi connectivity index (χ0) is 14.5. The molecule has 1 aromatic carbocycles. The second-order valence-electron chi connectivity index (χ2n) is 4.90. The SMILES string of the molecule is CNc1nc(CC(=O)Nc2ccc(C(C)C)cc2)cs1. The lowest BCUT2D eigenvalue weighted by Gasteiger charge is -2.08. The number of anilines is 2. The lowest BCUT2D eigenvalue weighted by atomic mass is 10.0. The summed E-state index contributed by atoms with van der Waals surface area (Å²) in [5.41, 5.74) is 2.88. The molecule has 0 aliphatic rings. The molecule has 20 heavy (non-hydrogen) atoms. The molecule has 0 aliphatic heterocycles. The monoisotopic (exact) mass is 289 g/mol. The minimum absolute atomic E-state index is 0.0461. The van der Waals surface area contributed by atoms with Crippen molar-refractivity contribution >= 4 is 28.1 Å². The van der Waals surface area contributed by atoms with Crippen LogP contribution in [0.5, 0.6) is 0 Å². The normalized spacial score (nSPS) is 10.6. The Bertz CT molecular complexity index is 575. The molecule has 0 fully saturated rings. The van der Waals surface area contributed by atoms with Crippen LogP contribution < -0.4 is 10.6 Å². The number of amides is 1. The Morgan fingerprint density at radius 3 is 2.55 bits per heavy atom. The standard InChI is InChI=1S/C15H19N3OS/c1-10(2)11-4-6-12(7-5-11)17-14(19)8-13-9-20-15(16-3)18-13/h4-7,9-10H,8H2,1-3H3,(H,16,18)(H,17,19). The van der Waals surface area contributed by atoms with E-state index < -0.39 is 0 Å². The lowest BCUT2D eigenvalue weighted by Crippen LogP contribution is -2.14. The Labute approximate surface area is 123 Å². The van der Waals surface area contributed by atoms with E-state index in [1.165, 1.54) is 16.9 Å². The number of aromatic nitrogens is 1. The van der Waals surface area contributed by atoms with Crippen molar-refractivity contribution in [3.8, 4) is 0 Å². The zero-order valence-corrected chi connectivity index (χ0v) is 12.8. The Balaban J connectivity index is 1.93. The molecule has 1 aromatic heterocycles. The lowest BCUT2D eigenvalue weighted by molar-refractivity contribution is -0.115. The van der Waals surface area contributed by atoms with Crippen molar-refractivity contribution in [2.75, 3.05) is 17.7 Å². The maximum atomic E-state index is 11.9. The molecule has 2 N–H and O–H groups in total. The van der Waals surface area contributed by atoms with Gasteiger partial charge in [0.1, 0.15) is 0 Å². The van der Waals surface area contributed by atoms with Crippen molar-refractivity contribution in [3.05, 3.63) is 40.9 Å². The van der Waals surface area contributed by atoms with Crippen LogP contribution in [0.15, 0.2) is 29.6 Å². The van der Waals surface area contributed by atoms with Gasteiger partial charge in [-0.25, -0.2) is 4.98 Å². The van der Waals surface area contributed by atoms with E-state index in [0.717, 1.165) is 16.5 Å². The molecule has 0 aliphatic carbocycles. The Morgan fingerprint density at radius 1 is 1.30 bits per heavy atom. The summed E-state index contributed by atoms with van der Waals surface area (Å²) >= 11 is 1.50. The Kier molecular flexibility index (Phi) is 4.74. The summed E-state index contributed by atoms with van der Waals surface area (Å²) in [6.07, 6.45) is 0.296. The molecular formula is C15H19N3OS. The van der Waals surface area contributed by atoms with Crippen LogP contribution in [0.3, 0.4) is 0 Å². The maximum absolute atomic E-state index is 11.9. The van der Waals surface area contributed by atoms with Crippen molar-refractivity contribution < 1.29 is 4.79 Å². The molecular weight excluding hydrogens is 270 g/mol. The van der Waals surface area contributed by atoms with E-state index >= 15 is 0 Å². The van der Waals surface area contributed by atoms with Crippen LogP contribution in [0, 0.1) is 0 Å². The average molecular weight is 289 g/mol. The van der Waals surface area contributed by atoms with Gasteiger partial charge in [-0.1, -0.05) is 26.0 Å². The number of rotatable bonds is 5. The van der Waals surface area contributed by atoms with Crippen molar-refractivity contribution in [1.82, 2.24) is 4.98 Å². The molecule has 106 valence electrons. The summed E-state index contributed by atoms with van der Waals surface area (Å²) in [5, 5.41) is 8.58. The quantitative estimate of drug-likeness (QED) is 0.886. The number of thiazole rings is 1. The Hall–Kier alpha value is -1.88. The number of carbonyl (C=O) groups excluding carboxylic acids is 1. The predicted octanol–water partition coefficient (Wildman–Crippen LogP) is 3.49. The van der Waals surface area contributed by atoms with Crippen LogP contribution in [0.2, 0.25) is 0 Å². The van der Waals surface area contributed by atoms with Crippen LogP contribution in [-0.4, -0.2) is 17.9 Å². The van der Waals surface area contributed by atoms with Gasteiger partial charge < -0.3 is 10.6 Å². The molecule has 0 atom stereocenters. The van der Waals surface area contributed by atoms with Crippen LogP contribution in [0.25, 0.3) is 0 Å². The minimum atomic E-state index is -0.0461. The first-order valence-electron chi connectivity index (χ1n) is 6.60. The maximum Gasteiger partial charge on any atom is 0.230 e. The predicted molar refractivity (Wildman–Crippen MR) is 84.5 cm³/mol. The summed E-state index contributed by atoms with van der Waals surface area (Å²) < 4.78 is 0. The first-order chi connectivity index (χ1) is 9.58. The third kappa shape index (κ3) is 3.81. The average Bonchev–Trinajstić information content (AvgIpc) is 2.86. The highest BCUT2D eigenvalue weighted by Crippen LogP contribution is 2.18. The second-order valence-corrected chi connectivity index (χ2v) is 5.75. The number of hydrogen-bond donors (Lipinski definition) is 2. The van der Waals surface area contributed by atoms with E-state index in [4.69, 9.17) is 0 Å². The third-order valence-corrected chi connectivity index (χ3v) is 3.88. The van der Waals surface area contributed by atoms with Gasteiger partial charge in [0.05, 0.1) is 12.1 Å². The fourth-order valence-electron chi connectivity index (χ4n) is 1.82. The molecule has 1 heterocycles. The van der Waals surface area contributed by atoms with Crippen molar-refractivity contribution in [3.63, 3.8) is 0 Å². The highest BCUT2D eigenvalue weighted by atomic mass is 32.1. The molecule has 1 amide bonds. The van der Waals surface area contributed by atoms with Gasteiger partial charge in [0.15, 0.2) is 5.13 Å². The fraction of sp³-hybridized carbons (Fsp3) is 0.333. The summed E-state index contributed by atoms with van der Waals surface area (Å²) in [7, 11) is 1.82. The van der Waals surface area contributed by atoms with E-state index in [2.05, 4.69) is 29.5 Å². The van der Waals surface area contributed by atoms with Gasteiger partial charge >= 0.3 is 0 Å². The minimum Gasteiger partial charge on any atom is -0.365 e. The van der Waals surface area contributed by atoms with Crippen LogP contribution in [0.4, 0.5) is 10.8 Å². The van der Waals surface area contributed by atoms with Crippen molar-refractivity contribution in [1.29, 1.82) is 0 Å². The number of nitrogens with one attached hydrogen (secondary N) is 2. The number of benzene rings is 1. The number of carbonyl (C=O) groups is 1. The molecule has 0 spiro atoms. The molecule has 0 radical (unpaired) electrons. The smallest absolute Gasteiger partial charge is 0.230 e. The summed E-state index contributed by atoms with van der Waals surface area (Å²) in [6.45, 7) is 4.30. The van der Waals surface area contributed by atoms with Crippen LogP contribution >= 0.6 is 11.3 Å². The molecule has 0 unspecified atom stereocenters. The topological polar surface area (TPSA) is 54.0 Å². The van der Waals surface area contributed by atoms with Crippen molar-refractivity contribution in [2.45, 2.75) is 26.2 Å². The molecule has 5 heteroatoms. The first-order valence-corrected chi connectivity index (χ1v) is 7.48. The van der Waals surface area contributed by atoms with Gasteiger partial charge in [0, 0.05) is 18.1 Å². The van der Waals surface area contributed by atoms with Crippen LogP contribution in [0.1, 0.15) is 31.0 Å². The molecule has 0 saturated heterocycles. The number of nitrogens with zero attached hydrogens (tertiary/aromatic N) is 1. The fourth-order valence-corrected chi connectivity index (χ4v) is 2.50. The van der Waals surface area contributed by atoms with Crippen molar-refractivity contribution in [2.24, 2.45) is 0 Å². The number of hydrogen-bond acceptors (Lipinski definition) is 4. The molecule has 2 aromatic rings. The van der Waals surface area contributed by atoms with E-state index in [1.54, 1.807) is 0 Å². The largest absolute Gasteiger partial charge is 0.365 e. The third-order valence-electron chi connectivity index (χ3n) is 2.97. The summed E-state index contributed by atoms with van der Waals surface area (Å²) in [5.74, 6) is 0.449. The van der Waals surface area contributed by atoms with Gasteiger partial charge in [0.25, 0.3) is 0 Å². The van der Waals surface area contributed by atoms with Crippen LogP contribution in [-0.2, 0) is 11.2 Å². The molecule has 0 saturated carbocycles. The molecule has 2 rings (SSSR count). The summed E-state index contributed by atoms with van der Waals surface area (Å²) in [6, 6.07) is 7.96. The van der Waals surface area contributed by atoms with E-state index in [-0.39, 0.29) is 5.91 Å². The Morgan fingerprint density at radius 2 is 2.00 bits per heavy atom. The van der Waals surface area contributed by atoms with Gasteiger partial charge in [-0.15, -0.1) is 11.3 Å². The highest BCUT2D eigenvalue weighted by molar-refractivity contribution is 7.13. The van der Waals surface area contributed by atoms with Gasteiger partial charge in [-0.3, -0.25) is 4.79 Å². The summed E-state index contributed by atoms with van der Waals surface area (Å²) in [4.78, 5) is 16.2. The molecule has 4 nitrogen and oxygen atoms in total. The van der Waals surface area contributed by atoms with Gasteiger partial charge in [0.2, 0.25) is 5.91 Å².